The smallest absolute Gasteiger partial charge is 0.254 e. The lowest BCUT2D eigenvalue weighted by atomic mass is 10.1. The second-order valence-corrected chi connectivity index (χ2v) is 5.19. The summed E-state index contributed by atoms with van der Waals surface area (Å²) in [6.45, 7) is 6.07. The fraction of sp³-hybridized carbons (Fsp3) is 0.400. The van der Waals surface area contributed by atoms with Crippen LogP contribution in [0.3, 0.4) is 0 Å². The van der Waals surface area contributed by atoms with Crippen molar-refractivity contribution in [1.82, 2.24) is 10.3 Å². The fourth-order valence-electron chi connectivity index (χ4n) is 2.50. The van der Waals surface area contributed by atoms with Crippen molar-refractivity contribution in [3.63, 3.8) is 0 Å². The molecule has 0 bridgehead atoms. The van der Waals surface area contributed by atoms with Crippen molar-refractivity contribution < 1.29 is 9.53 Å². The highest BCUT2D eigenvalue weighted by Gasteiger charge is 2.21. The Labute approximate surface area is 117 Å². The normalized spacial score (nSPS) is 19.2. The Hall–Kier alpha value is -1.85. The van der Waals surface area contributed by atoms with Crippen LogP contribution in [0, 0.1) is 13.8 Å². The zero-order chi connectivity index (χ0) is 14.1. The minimum absolute atomic E-state index is 0.0959. The molecule has 2 aromatic rings. The fourth-order valence-corrected chi connectivity index (χ4v) is 2.50. The number of benzene rings is 1. The number of rotatable bonds is 2. The number of anilines is 1. The second kappa shape index (κ2) is 5.26. The number of ether oxygens (including phenoxy) is 1. The number of aromatic amines is 1. The van der Waals surface area contributed by atoms with E-state index >= 15 is 0 Å². The molecule has 106 valence electrons. The van der Waals surface area contributed by atoms with Gasteiger partial charge in [0, 0.05) is 35.4 Å². The summed E-state index contributed by atoms with van der Waals surface area (Å²) in [6, 6.07) is 5.90. The maximum Gasteiger partial charge on any atom is 0.254 e. The summed E-state index contributed by atoms with van der Waals surface area (Å²) in [7, 11) is 0. The minimum atomic E-state index is -0.409. The second-order valence-electron chi connectivity index (χ2n) is 5.19. The molecule has 5 nitrogen and oxygen atoms in total. The van der Waals surface area contributed by atoms with Crippen LogP contribution in [0.4, 0.5) is 5.69 Å². The Kier molecular flexibility index (Phi) is 3.46. The molecular weight excluding hydrogens is 254 g/mol. The highest BCUT2D eigenvalue weighted by atomic mass is 16.5. The zero-order valence-corrected chi connectivity index (χ0v) is 11.7. The summed E-state index contributed by atoms with van der Waals surface area (Å²) in [5.74, 6) is -0.0959. The van der Waals surface area contributed by atoms with Crippen LogP contribution in [-0.2, 0) is 9.53 Å². The van der Waals surface area contributed by atoms with Gasteiger partial charge in [0.2, 0.25) is 0 Å². The number of nitrogens with one attached hydrogen (secondary N) is 3. The van der Waals surface area contributed by atoms with Gasteiger partial charge in [-0.15, -0.1) is 0 Å². The molecule has 0 unspecified atom stereocenters. The molecule has 1 aliphatic rings. The Morgan fingerprint density at radius 2 is 2.25 bits per heavy atom. The molecule has 1 aromatic carbocycles. The standard InChI is InChI=1S/C15H19N3O2/c1-9-10(2)17-13-4-3-11(7-12(9)13)18-15(19)14-8-16-5-6-20-14/h3-4,7,14,16-17H,5-6,8H2,1-2H3,(H,18,19)/t14-/m1/s1. The predicted molar refractivity (Wildman–Crippen MR) is 79.0 cm³/mol. The van der Waals surface area contributed by atoms with E-state index in [1.54, 1.807) is 0 Å². The molecule has 0 saturated carbocycles. The molecule has 1 aliphatic heterocycles. The highest BCUT2D eigenvalue weighted by Crippen LogP contribution is 2.24. The average Bonchev–Trinajstić information content (AvgIpc) is 2.75. The van der Waals surface area contributed by atoms with Gasteiger partial charge < -0.3 is 20.4 Å². The van der Waals surface area contributed by atoms with Crippen LogP contribution in [-0.4, -0.2) is 36.7 Å². The van der Waals surface area contributed by atoms with Gasteiger partial charge in [0.25, 0.3) is 5.91 Å². The predicted octanol–water partition coefficient (Wildman–Crippen LogP) is 1.71. The van der Waals surface area contributed by atoms with Crippen LogP contribution in [0.1, 0.15) is 11.3 Å². The molecule has 3 N–H and O–H groups in total. The summed E-state index contributed by atoms with van der Waals surface area (Å²) >= 11 is 0. The monoisotopic (exact) mass is 273 g/mol. The lowest BCUT2D eigenvalue weighted by Crippen LogP contribution is -2.45. The van der Waals surface area contributed by atoms with E-state index in [9.17, 15) is 4.79 Å². The number of aromatic nitrogens is 1. The van der Waals surface area contributed by atoms with Gasteiger partial charge in [-0.2, -0.15) is 0 Å². The summed E-state index contributed by atoms with van der Waals surface area (Å²) in [4.78, 5) is 15.4. The van der Waals surface area contributed by atoms with Gasteiger partial charge in [0.1, 0.15) is 6.10 Å². The Morgan fingerprint density at radius 3 is 3.00 bits per heavy atom. The summed E-state index contributed by atoms with van der Waals surface area (Å²) in [5.41, 5.74) is 4.27. The molecule has 5 heteroatoms. The lowest BCUT2D eigenvalue weighted by Gasteiger charge is -2.22. The van der Waals surface area contributed by atoms with E-state index in [-0.39, 0.29) is 5.91 Å². The average molecular weight is 273 g/mol. The number of fused-ring (bicyclic) bond motifs is 1. The van der Waals surface area contributed by atoms with Crippen molar-refractivity contribution in [3.05, 3.63) is 29.5 Å². The molecule has 3 rings (SSSR count). The molecule has 20 heavy (non-hydrogen) atoms. The number of carbonyl (C=O) groups is 1. The first-order valence-electron chi connectivity index (χ1n) is 6.87. The molecule has 1 amide bonds. The largest absolute Gasteiger partial charge is 0.366 e. The van der Waals surface area contributed by atoms with Gasteiger partial charge in [0.15, 0.2) is 0 Å². The van der Waals surface area contributed by atoms with Crippen molar-refractivity contribution >= 4 is 22.5 Å². The van der Waals surface area contributed by atoms with E-state index in [1.165, 1.54) is 5.56 Å². The molecule has 0 radical (unpaired) electrons. The summed E-state index contributed by atoms with van der Waals surface area (Å²) < 4.78 is 5.45. The number of morpholine rings is 1. The number of aryl methyl sites for hydroxylation is 2. The van der Waals surface area contributed by atoms with Crippen LogP contribution < -0.4 is 10.6 Å². The van der Waals surface area contributed by atoms with Crippen LogP contribution >= 0.6 is 0 Å². The molecule has 0 spiro atoms. The minimum Gasteiger partial charge on any atom is -0.366 e. The molecule has 1 fully saturated rings. The van der Waals surface area contributed by atoms with Crippen LogP contribution in [0.2, 0.25) is 0 Å². The number of amides is 1. The van der Waals surface area contributed by atoms with Crippen molar-refractivity contribution in [2.24, 2.45) is 0 Å². The third-order valence-corrected chi connectivity index (χ3v) is 3.80. The van der Waals surface area contributed by atoms with Crippen LogP contribution in [0.25, 0.3) is 10.9 Å². The zero-order valence-electron chi connectivity index (χ0n) is 11.7. The molecule has 2 heterocycles. The van der Waals surface area contributed by atoms with E-state index in [0.717, 1.165) is 28.8 Å². The van der Waals surface area contributed by atoms with Crippen LogP contribution in [0.5, 0.6) is 0 Å². The third kappa shape index (κ3) is 2.42. The van der Waals surface area contributed by atoms with Crippen molar-refractivity contribution in [2.75, 3.05) is 25.0 Å². The number of hydrogen-bond donors (Lipinski definition) is 3. The maximum absolute atomic E-state index is 12.1. The number of carbonyl (C=O) groups excluding carboxylic acids is 1. The Balaban J connectivity index is 1.80. The topological polar surface area (TPSA) is 66.2 Å². The van der Waals surface area contributed by atoms with E-state index in [0.29, 0.717) is 13.2 Å². The van der Waals surface area contributed by atoms with E-state index in [1.807, 2.05) is 18.2 Å². The number of H-pyrrole nitrogens is 1. The van der Waals surface area contributed by atoms with Crippen molar-refractivity contribution in [2.45, 2.75) is 20.0 Å². The van der Waals surface area contributed by atoms with Gasteiger partial charge in [-0.05, 0) is 37.6 Å². The first-order chi connectivity index (χ1) is 9.65. The van der Waals surface area contributed by atoms with E-state index in [2.05, 4.69) is 29.5 Å². The SMILES string of the molecule is Cc1[nH]c2ccc(NC(=O)[C@H]3CNCCO3)cc2c1C. The van der Waals surface area contributed by atoms with E-state index in [4.69, 9.17) is 4.74 Å². The lowest BCUT2D eigenvalue weighted by molar-refractivity contribution is -0.128. The van der Waals surface area contributed by atoms with Crippen molar-refractivity contribution in [1.29, 1.82) is 0 Å². The summed E-state index contributed by atoms with van der Waals surface area (Å²) in [5, 5.41) is 7.22. The van der Waals surface area contributed by atoms with E-state index < -0.39 is 6.10 Å². The summed E-state index contributed by atoms with van der Waals surface area (Å²) in [6.07, 6.45) is -0.409. The molecule has 1 atom stereocenters. The molecule has 1 aromatic heterocycles. The van der Waals surface area contributed by atoms with Crippen LogP contribution in [0.15, 0.2) is 18.2 Å². The highest BCUT2D eigenvalue weighted by molar-refractivity contribution is 5.97. The Bertz CT molecular complexity index is 642. The van der Waals surface area contributed by atoms with Gasteiger partial charge in [0.05, 0.1) is 6.61 Å². The van der Waals surface area contributed by atoms with Gasteiger partial charge in [-0.1, -0.05) is 0 Å². The number of hydrogen-bond acceptors (Lipinski definition) is 3. The molecule has 1 saturated heterocycles. The van der Waals surface area contributed by atoms with Gasteiger partial charge >= 0.3 is 0 Å². The maximum atomic E-state index is 12.1. The molecular formula is C15H19N3O2. The Morgan fingerprint density at radius 1 is 1.40 bits per heavy atom. The first-order valence-corrected chi connectivity index (χ1v) is 6.87. The third-order valence-electron chi connectivity index (χ3n) is 3.80. The van der Waals surface area contributed by atoms with Gasteiger partial charge in [-0.3, -0.25) is 4.79 Å². The quantitative estimate of drug-likeness (QED) is 0.780. The first kappa shape index (κ1) is 13.1. The van der Waals surface area contributed by atoms with Gasteiger partial charge in [-0.25, -0.2) is 0 Å². The molecule has 0 aliphatic carbocycles. The van der Waals surface area contributed by atoms with Crippen molar-refractivity contribution in [3.8, 4) is 0 Å².